The van der Waals surface area contributed by atoms with Crippen molar-refractivity contribution in [3.8, 4) is 0 Å². The Morgan fingerprint density at radius 1 is 1.20 bits per heavy atom. The summed E-state index contributed by atoms with van der Waals surface area (Å²) >= 11 is 1.43. The fraction of sp³-hybridized carbons (Fsp3) is 0.611. The summed E-state index contributed by atoms with van der Waals surface area (Å²) in [7, 11) is 0. The van der Waals surface area contributed by atoms with E-state index in [1.54, 1.807) is 0 Å². The van der Waals surface area contributed by atoms with Crippen molar-refractivity contribution in [3.63, 3.8) is 0 Å². The van der Waals surface area contributed by atoms with E-state index in [4.69, 9.17) is 4.74 Å². The molecule has 7 heteroatoms. The minimum Gasteiger partial charge on any atom is -0.452 e. The van der Waals surface area contributed by atoms with Gasteiger partial charge in [0.2, 0.25) is 5.91 Å². The molecule has 1 aliphatic rings. The normalized spacial score (nSPS) is 13.8. The standard InChI is InChI=1S/C18H26N2O4S/c1-5-18(3,4)20-14(22)10-24-17(23)15-12-8-6-7-9-13(12)25-16(15)19-11(2)21/h5-10H2,1-4H3,(H,19,21)(H,20,22). The van der Waals surface area contributed by atoms with Crippen LogP contribution in [0.15, 0.2) is 0 Å². The molecule has 0 saturated heterocycles. The van der Waals surface area contributed by atoms with Crippen molar-refractivity contribution in [2.45, 2.75) is 65.3 Å². The molecule has 1 heterocycles. The number of esters is 1. The molecule has 0 saturated carbocycles. The molecule has 6 nitrogen and oxygen atoms in total. The topological polar surface area (TPSA) is 84.5 Å². The van der Waals surface area contributed by atoms with E-state index in [9.17, 15) is 14.4 Å². The van der Waals surface area contributed by atoms with E-state index in [-0.39, 0.29) is 24.0 Å². The van der Waals surface area contributed by atoms with E-state index in [1.165, 1.54) is 18.3 Å². The summed E-state index contributed by atoms with van der Waals surface area (Å²) in [5.74, 6) is -1.10. The second-order valence-electron chi connectivity index (χ2n) is 6.96. The van der Waals surface area contributed by atoms with E-state index in [0.717, 1.165) is 42.5 Å². The molecule has 25 heavy (non-hydrogen) atoms. The summed E-state index contributed by atoms with van der Waals surface area (Å²) in [5.41, 5.74) is 1.03. The Hall–Kier alpha value is -1.89. The smallest absolute Gasteiger partial charge is 0.341 e. The van der Waals surface area contributed by atoms with Gasteiger partial charge < -0.3 is 15.4 Å². The number of carbonyl (C=O) groups is 3. The van der Waals surface area contributed by atoms with Gasteiger partial charge in [-0.1, -0.05) is 6.92 Å². The van der Waals surface area contributed by atoms with E-state index in [0.29, 0.717) is 10.6 Å². The number of rotatable bonds is 6. The molecule has 1 aromatic rings. The summed E-state index contributed by atoms with van der Waals surface area (Å²) < 4.78 is 5.23. The van der Waals surface area contributed by atoms with Crippen LogP contribution in [0.1, 0.15) is 67.8 Å². The van der Waals surface area contributed by atoms with Crippen LogP contribution >= 0.6 is 11.3 Å². The van der Waals surface area contributed by atoms with Crippen molar-refractivity contribution in [1.82, 2.24) is 5.32 Å². The zero-order valence-corrected chi connectivity index (χ0v) is 16.1. The first-order valence-corrected chi connectivity index (χ1v) is 9.45. The minimum absolute atomic E-state index is 0.227. The first-order chi connectivity index (χ1) is 11.7. The fourth-order valence-corrected chi connectivity index (χ4v) is 4.06. The Kier molecular flexibility index (Phi) is 6.21. The molecule has 0 spiro atoms. The third-order valence-corrected chi connectivity index (χ3v) is 5.57. The van der Waals surface area contributed by atoms with Gasteiger partial charge in [0, 0.05) is 17.3 Å². The van der Waals surface area contributed by atoms with Crippen LogP contribution in [0, 0.1) is 0 Å². The highest BCUT2D eigenvalue weighted by Crippen LogP contribution is 2.38. The molecular formula is C18H26N2O4S. The largest absolute Gasteiger partial charge is 0.452 e. The zero-order chi connectivity index (χ0) is 18.6. The first kappa shape index (κ1) is 19.4. The Labute approximate surface area is 152 Å². The van der Waals surface area contributed by atoms with Gasteiger partial charge >= 0.3 is 5.97 Å². The number of amides is 2. The second-order valence-corrected chi connectivity index (χ2v) is 8.06. The van der Waals surface area contributed by atoms with Crippen LogP contribution in [0.2, 0.25) is 0 Å². The predicted molar refractivity (Wildman–Crippen MR) is 98.1 cm³/mol. The van der Waals surface area contributed by atoms with Crippen molar-refractivity contribution in [2.24, 2.45) is 0 Å². The summed E-state index contributed by atoms with van der Waals surface area (Å²) in [6.07, 6.45) is 4.57. The van der Waals surface area contributed by atoms with Gasteiger partial charge in [-0.05, 0) is 51.5 Å². The molecule has 0 aliphatic heterocycles. The Morgan fingerprint density at radius 2 is 1.88 bits per heavy atom. The van der Waals surface area contributed by atoms with E-state index in [1.807, 2.05) is 20.8 Å². The van der Waals surface area contributed by atoms with E-state index < -0.39 is 5.97 Å². The van der Waals surface area contributed by atoms with Gasteiger partial charge in [-0.25, -0.2) is 4.79 Å². The number of nitrogens with one attached hydrogen (secondary N) is 2. The van der Waals surface area contributed by atoms with Crippen LogP contribution in [0.3, 0.4) is 0 Å². The summed E-state index contributed by atoms with van der Waals surface area (Å²) in [6, 6.07) is 0. The molecule has 0 radical (unpaired) electrons. The number of anilines is 1. The fourth-order valence-electron chi connectivity index (χ4n) is 2.73. The molecule has 2 rings (SSSR count). The molecule has 1 aliphatic carbocycles. The maximum absolute atomic E-state index is 12.6. The van der Waals surface area contributed by atoms with Gasteiger partial charge in [-0.3, -0.25) is 9.59 Å². The SMILES string of the molecule is CCC(C)(C)NC(=O)COC(=O)c1c(NC(C)=O)sc2c1CCCC2. The molecular weight excluding hydrogens is 340 g/mol. The van der Waals surface area contributed by atoms with Crippen molar-refractivity contribution in [2.75, 3.05) is 11.9 Å². The third kappa shape index (κ3) is 5.04. The maximum atomic E-state index is 12.6. The molecule has 2 amide bonds. The number of aryl methyl sites for hydroxylation is 1. The van der Waals surface area contributed by atoms with Gasteiger partial charge in [0.05, 0.1) is 5.56 Å². The Balaban J connectivity index is 2.11. The molecule has 0 atom stereocenters. The number of fused-ring (bicyclic) bond motifs is 1. The molecule has 0 bridgehead atoms. The van der Waals surface area contributed by atoms with E-state index in [2.05, 4.69) is 10.6 Å². The van der Waals surface area contributed by atoms with Crippen molar-refractivity contribution in [3.05, 3.63) is 16.0 Å². The van der Waals surface area contributed by atoms with Crippen molar-refractivity contribution >= 4 is 34.1 Å². The van der Waals surface area contributed by atoms with Gasteiger partial charge in [-0.15, -0.1) is 11.3 Å². The van der Waals surface area contributed by atoms with Gasteiger partial charge in [0.1, 0.15) is 5.00 Å². The average Bonchev–Trinajstić information content (AvgIpc) is 2.89. The van der Waals surface area contributed by atoms with Gasteiger partial charge in [-0.2, -0.15) is 0 Å². The maximum Gasteiger partial charge on any atom is 0.341 e. The summed E-state index contributed by atoms with van der Waals surface area (Å²) in [4.78, 5) is 37.1. The minimum atomic E-state index is -0.549. The van der Waals surface area contributed by atoms with Crippen LogP contribution in [-0.4, -0.2) is 29.9 Å². The van der Waals surface area contributed by atoms with Crippen molar-refractivity contribution < 1.29 is 19.1 Å². The van der Waals surface area contributed by atoms with Crippen molar-refractivity contribution in [1.29, 1.82) is 0 Å². The number of hydrogen-bond donors (Lipinski definition) is 2. The van der Waals surface area contributed by atoms with Gasteiger partial charge in [0.25, 0.3) is 5.91 Å². The lowest BCUT2D eigenvalue weighted by atomic mass is 9.95. The van der Waals surface area contributed by atoms with Crippen LogP contribution in [0.5, 0.6) is 0 Å². The van der Waals surface area contributed by atoms with Gasteiger partial charge in [0.15, 0.2) is 6.61 Å². The lowest BCUT2D eigenvalue weighted by Gasteiger charge is -2.24. The molecule has 138 valence electrons. The monoisotopic (exact) mass is 366 g/mol. The zero-order valence-electron chi connectivity index (χ0n) is 15.3. The number of hydrogen-bond acceptors (Lipinski definition) is 5. The van der Waals surface area contributed by atoms with Crippen LogP contribution in [0.4, 0.5) is 5.00 Å². The third-order valence-electron chi connectivity index (χ3n) is 4.36. The van der Waals surface area contributed by atoms with Crippen LogP contribution in [-0.2, 0) is 27.2 Å². The summed E-state index contributed by atoms with van der Waals surface area (Å²) in [5, 5.41) is 6.08. The molecule has 0 unspecified atom stereocenters. The highest BCUT2D eigenvalue weighted by Gasteiger charge is 2.27. The molecule has 0 aromatic carbocycles. The number of carbonyl (C=O) groups excluding carboxylic acids is 3. The first-order valence-electron chi connectivity index (χ1n) is 8.63. The Bertz CT molecular complexity index is 679. The number of ether oxygens (including phenoxy) is 1. The lowest BCUT2D eigenvalue weighted by Crippen LogP contribution is -2.44. The molecule has 1 aromatic heterocycles. The number of thiophene rings is 1. The Morgan fingerprint density at radius 3 is 2.52 bits per heavy atom. The highest BCUT2D eigenvalue weighted by molar-refractivity contribution is 7.17. The molecule has 0 fully saturated rings. The average molecular weight is 366 g/mol. The highest BCUT2D eigenvalue weighted by atomic mass is 32.1. The quantitative estimate of drug-likeness (QED) is 0.758. The summed E-state index contributed by atoms with van der Waals surface area (Å²) in [6.45, 7) is 6.89. The predicted octanol–water partition coefficient (Wildman–Crippen LogP) is 3.05. The second kappa shape index (κ2) is 7.99. The molecule has 2 N–H and O–H groups in total. The lowest BCUT2D eigenvalue weighted by molar-refractivity contribution is -0.125. The van der Waals surface area contributed by atoms with E-state index >= 15 is 0 Å². The van der Waals surface area contributed by atoms with Crippen LogP contribution in [0.25, 0.3) is 0 Å². The van der Waals surface area contributed by atoms with Crippen LogP contribution < -0.4 is 10.6 Å².